The second-order valence-electron chi connectivity index (χ2n) is 32.1. The molecule has 138 heavy (non-hydrogen) atoms. The Bertz CT molecular complexity index is 6020. The molecule has 738 valence electrons. The molecule has 6 atom stereocenters. The quantitative estimate of drug-likeness (QED) is 0.00669. The maximum atomic E-state index is 13.5. The molecule has 0 spiro atoms. The summed E-state index contributed by atoms with van der Waals surface area (Å²) in [5.74, 6) is -13.8. The number of unbranched alkanes of at least 4 members (excludes halogenated alkanes) is 1. The summed E-state index contributed by atoms with van der Waals surface area (Å²) in [7, 11) is 0. The lowest BCUT2D eigenvalue weighted by Gasteiger charge is -2.50. The summed E-state index contributed by atoms with van der Waals surface area (Å²) in [5.41, 5.74) is 46.9. The molecule has 49 nitrogen and oxygen atoms in total. The van der Waals surface area contributed by atoms with Gasteiger partial charge in [-0.05, 0) is 137 Å². The first-order valence-electron chi connectivity index (χ1n) is 41.8. The Hall–Kier alpha value is -13.1. The summed E-state index contributed by atoms with van der Waals surface area (Å²) in [6, 6.07) is 0. The number of aliphatic carboxylic acids is 6. The van der Waals surface area contributed by atoms with Crippen molar-refractivity contribution < 1.29 is 116 Å². The first-order chi connectivity index (χ1) is 65.3. The minimum atomic E-state index is -1.80. The van der Waals surface area contributed by atoms with Crippen LogP contribution in [-0.2, 0) is 91.7 Å². The topological polar surface area (TPSA) is 781 Å². The molecule has 3 amide bonds. The Kier molecular flexibility index (Phi) is 36.6. The number of nitrogen functional groups attached to an aromatic ring is 6. The molecule has 6 aromatic rings. The molecular formula is C81H98Cl2N28O21S6. The van der Waals surface area contributed by atoms with Gasteiger partial charge in [-0.1, -0.05) is 79.6 Å². The molecular weight excluding hydrogens is 1960 g/mol. The van der Waals surface area contributed by atoms with Gasteiger partial charge in [-0.25, -0.2) is 38.1 Å². The van der Waals surface area contributed by atoms with Crippen molar-refractivity contribution in [1.29, 1.82) is 0 Å². The molecule has 0 aliphatic carbocycles. The fourth-order valence-electron chi connectivity index (χ4n) is 13.3. The van der Waals surface area contributed by atoms with Crippen molar-refractivity contribution in [2.45, 2.75) is 139 Å². The number of nitrogens with two attached hydrogens (primary N) is 9. The lowest BCUT2D eigenvalue weighted by molar-refractivity contribution is -0.689. The Morgan fingerprint density at radius 1 is 0.478 bits per heavy atom. The normalized spacial score (nSPS) is 18.4. The van der Waals surface area contributed by atoms with E-state index in [1.807, 2.05) is 0 Å². The molecule has 0 bridgehead atoms. The maximum Gasteiger partial charge on any atom is 0.350 e. The van der Waals surface area contributed by atoms with E-state index in [2.05, 4.69) is 65.7 Å². The third-order valence-corrected chi connectivity index (χ3v) is 27.6. The monoisotopic (exact) mass is 2060 g/mol. The van der Waals surface area contributed by atoms with Crippen molar-refractivity contribution in [3.63, 3.8) is 0 Å². The molecule has 6 aliphatic rings. The third kappa shape index (κ3) is 26.2. The van der Waals surface area contributed by atoms with Crippen LogP contribution in [0.4, 0.5) is 49.9 Å². The number of Topliss-reactive ketones (excluding diaryl/α,β-unsaturated/α-hetero) is 3. The van der Waals surface area contributed by atoms with E-state index < -0.39 is 152 Å². The molecule has 3 fully saturated rings. The largest absolute Gasteiger partial charge is 0.543 e. The number of carboxylic acid groups (broad SMARTS) is 6. The number of carboxylic acids is 6. The number of carbonyl (C=O) groups is 12. The molecule has 12 heterocycles. The number of thioether (sulfide) groups is 3. The van der Waals surface area contributed by atoms with Gasteiger partial charge in [0.05, 0.1) is 68.9 Å². The van der Waals surface area contributed by atoms with Crippen LogP contribution >= 0.6 is 92.7 Å². The Balaban J connectivity index is 0.000000214. The van der Waals surface area contributed by atoms with Gasteiger partial charge in [-0.2, -0.15) is 9.36 Å². The van der Waals surface area contributed by atoms with E-state index in [1.165, 1.54) is 89.5 Å². The highest BCUT2D eigenvalue weighted by Crippen LogP contribution is 2.49. The fourth-order valence-corrected chi connectivity index (χ4v) is 19.8. The number of aromatic nitrogens is 10. The highest BCUT2D eigenvalue weighted by atomic mass is 35.5. The van der Waals surface area contributed by atoms with Crippen LogP contribution in [-0.4, -0.2) is 242 Å². The molecule has 0 radical (unpaired) electrons. The Labute approximate surface area is 820 Å². The summed E-state index contributed by atoms with van der Waals surface area (Å²) in [6.45, 7) is 12.0. The fraction of sp³-hybridized carbons (Fsp3) is 0.420. The molecule has 6 aromatic heterocycles. The van der Waals surface area contributed by atoms with Gasteiger partial charge < -0.3 is 127 Å². The summed E-state index contributed by atoms with van der Waals surface area (Å²) in [5, 5.41) is 83.5. The number of hydrogen-bond donors (Lipinski definition) is 15. The van der Waals surface area contributed by atoms with Gasteiger partial charge in [0.25, 0.3) is 36.4 Å². The van der Waals surface area contributed by atoms with Gasteiger partial charge in [0.1, 0.15) is 75.3 Å². The van der Waals surface area contributed by atoms with Crippen LogP contribution in [0.15, 0.2) is 123 Å². The van der Waals surface area contributed by atoms with E-state index in [4.69, 9.17) is 89.3 Å². The highest BCUT2D eigenvalue weighted by Gasteiger charge is 2.56. The summed E-state index contributed by atoms with van der Waals surface area (Å²) in [4.78, 5) is 194. The minimum Gasteiger partial charge on any atom is -0.543 e. The number of halogens is 2. The smallest absolute Gasteiger partial charge is 0.350 e. The average Bonchev–Trinajstić information content (AvgIpc) is 0.748. The van der Waals surface area contributed by atoms with E-state index >= 15 is 0 Å². The number of ketones is 3. The summed E-state index contributed by atoms with van der Waals surface area (Å²) >= 11 is 18.8. The highest BCUT2D eigenvalue weighted by molar-refractivity contribution is 8.00. The van der Waals surface area contributed by atoms with Gasteiger partial charge in [0.15, 0.2) is 49.9 Å². The second-order valence-corrected chi connectivity index (χ2v) is 39.5. The molecule has 6 aliphatic heterocycles. The number of β-lactam (4-membered cyclic amide) rings is 3. The second kappa shape index (κ2) is 47.3. The van der Waals surface area contributed by atoms with Gasteiger partial charge in [-0.3, -0.25) is 43.5 Å². The standard InChI is InChI=1S/C28H34ClN9O7S2.C27H32ClN9O7S2.C26H32N10O7S2/c1-28(2,26(43)44)45-36-18(19-21(29)47-27(32)35-19)17(39)10-15-23(40)38-20(25(41)42)14(12-46-24(15)38)6-5-9-37-11-16(22(31)34-13-37)33-8-4-3-7-30;1-27(2,25(42)43)44-35-17(18-20(28)46-26(31)34-18)16(38)9-14-22(39)37-19(24(40)41)13(11-45-23(14)37)5-3-8-36-10-15(21(30)33-12-36)32-7-4-6-29;1-26(2,24(41)42)43-33-17(20-32-25(29)45-34-20)16(37)9-14-21(38)36-18(23(39)40)13(11-44-22(14)36)5-3-8-35-10-15(19(28)31-12-35)30-7-4-6-27/h5-6,11,13,15,24,31,33H,3-4,7-10,12,30H2,1-2H3,(H4,32,35,41,42,43,44);3,5,10,12,14,23,30,32H,4,6-9,11,29H2,1-2H3,(H4,31,34,40,41,42,43);3,5,10,12,14,22,28,30H,4,6-9,11,27H2,1-2H3,(H4,29,32,34,39,40,41,42)/b6-5+,36-18+;5-3+,35-17+;5-3+,33-17+/t15-,24?;14-,23?;14-,22?/m111/s1. The molecule has 0 aromatic carbocycles. The number of hydrogen-bond acceptors (Lipinski definition) is 46. The van der Waals surface area contributed by atoms with Gasteiger partial charge in [0, 0.05) is 67.7 Å². The molecule has 24 N–H and O–H groups in total. The maximum absolute atomic E-state index is 13.5. The number of oxime groups is 3. The van der Waals surface area contributed by atoms with Crippen LogP contribution in [0, 0.1) is 17.8 Å². The Morgan fingerprint density at radius 3 is 1.06 bits per heavy atom. The first kappa shape index (κ1) is 107. The lowest BCUT2D eigenvalue weighted by Crippen LogP contribution is -2.63. The third-order valence-electron chi connectivity index (χ3n) is 20.9. The zero-order valence-corrected chi connectivity index (χ0v) is 81.0. The predicted octanol–water partition coefficient (Wildman–Crippen LogP) is -1.65. The van der Waals surface area contributed by atoms with E-state index in [0.717, 1.165) is 74.6 Å². The van der Waals surface area contributed by atoms with Crippen molar-refractivity contribution in [3.8, 4) is 0 Å². The molecule has 12 rings (SSSR count). The van der Waals surface area contributed by atoms with E-state index in [-0.39, 0.29) is 82.1 Å². The van der Waals surface area contributed by atoms with Crippen LogP contribution in [0.1, 0.15) is 104 Å². The van der Waals surface area contributed by atoms with Crippen LogP contribution in [0.2, 0.25) is 8.67 Å². The van der Waals surface area contributed by atoms with Crippen LogP contribution in [0.3, 0.4) is 0 Å². The van der Waals surface area contributed by atoms with Crippen LogP contribution in [0.25, 0.3) is 0 Å². The number of nitrogens with zero attached hydrogens (tertiary/aromatic N) is 16. The van der Waals surface area contributed by atoms with Gasteiger partial charge in [0.2, 0.25) is 40.3 Å². The van der Waals surface area contributed by atoms with Gasteiger partial charge in [-0.15, -0.1) is 35.3 Å². The average molecular weight is 2060 g/mol. The van der Waals surface area contributed by atoms with Crippen LogP contribution < -0.4 is 96.6 Å². The molecule has 3 saturated heterocycles. The summed E-state index contributed by atoms with van der Waals surface area (Å²) in [6.07, 6.45) is 22.0. The first-order valence-corrected chi connectivity index (χ1v) is 48.1. The zero-order valence-electron chi connectivity index (χ0n) is 74.6. The Morgan fingerprint density at radius 2 is 0.783 bits per heavy atom. The van der Waals surface area contributed by atoms with Crippen molar-refractivity contribution in [2.75, 3.05) is 107 Å². The number of amides is 3. The number of allylic oxidation sites excluding steroid dienone is 6. The number of nitrogens with one attached hydrogen (secondary N) is 3. The number of rotatable bonds is 46. The number of carbonyl (C=O) groups excluding carboxylic acids is 9. The number of fused-ring (bicyclic) bond motifs is 3. The van der Waals surface area contributed by atoms with Gasteiger partial charge >= 0.3 is 17.9 Å². The number of thiazole rings is 2. The molecule has 3 unspecified atom stereocenters. The lowest BCUT2D eigenvalue weighted by atomic mass is 9.89. The molecule has 57 heteroatoms. The van der Waals surface area contributed by atoms with Crippen molar-refractivity contribution >= 4 is 231 Å². The van der Waals surface area contributed by atoms with E-state index in [1.54, 1.807) is 75.1 Å². The van der Waals surface area contributed by atoms with Crippen LogP contribution in [0.5, 0.6) is 0 Å². The molecule has 0 saturated carbocycles. The minimum absolute atomic E-state index is 0.0144. The predicted molar refractivity (Wildman–Crippen MR) is 505 cm³/mol. The summed E-state index contributed by atoms with van der Waals surface area (Å²) < 4.78 is 9.24. The number of anilines is 9. The zero-order chi connectivity index (χ0) is 101. The van der Waals surface area contributed by atoms with E-state index in [0.29, 0.717) is 110 Å². The SMILES string of the molecule is CC(C)(O/N=C(\C(=O)C[C@@H]1C(=O)N2C(C(=O)[O-])=C(/C=C/C[n+]3cnc(N)c(NCCCCN)c3)CSC12)c1nc(N)sc1Cl)C(=O)O.CC(C)(O/N=C(\C(=O)C[C@@H]1C(=O)N2C(C(=O)[O-])=C(/C=C/C[n+]3cnc(N)c(NCCCN)c3)CSC12)c1nc(N)sc1Cl)C(=O)O.CC(C)(O/N=C(\C(=O)C[C@@H]1C(=O)N2C(C(=O)[O-])=C(/C=C/C[n+]3cnc(N)c(NCCCN)c3)CSC12)c1nsc(N)n1)C(=O)O. The van der Waals surface area contributed by atoms with E-state index in [9.17, 15) is 88.2 Å². The van der Waals surface area contributed by atoms with Crippen molar-refractivity contribution in [2.24, 2.45) is 50.4 Å². The van der Waals surface area contributed by atoms with Crippen molar-refractivity contribution in [3.05, 3.63) is 134 Å². The van der Waals surface area contributed by atoms with Crippen molar-refractivity contribution in [1.82, 2.24) is 49.0 Å².